The van der Waals surface area contributed by atoms with E-state index in [1.165, 1.54) is 0 Å². The summed E-state index contributed by atoms with van der Waals surface area (Å²) in [5.41, 5.74) is 2.65. The van der Waals surface area contributed by atoms with E-state index in [9.17, 15) is 9.59 Å². The van der Waals surface area contributed by atoms with E-state index >= 15 is 0 Å². The zero-order valence-electron chi connectivity index (χ0n) is 16.8. The van der Waals surface area contributed by atoms with Crippen LogP contribution in [0, 0.1) is 5.92 Å². The van der Waals surface area contributed by atoms with Gasteiger partial charge >= 0.3 is 0 Å². The van der Waals surface area contributed by atoms with Crippen molar-refractivity contribution in [3.63, 3.8) is 0 Å². The zero-order chi connectivity index (χ0) is 20.5. The first kappa shape index (κ1) is 18.7. The maximum absolute atomic E-state index is 13.4. The fraction of sp³-hybridized carbons (Fsp3) is 0.333. The predicted molar refractivity (Wildman–Crippen MR) is 115 cm³/mol. The van der Waals surface area contributed by atoms with E-state index in [4.69, 9.17) is 4.98 Å². The summed E-state index contributed by atoms with van der Waals surface area (Å²) in [6.07, 6.45) is 5.27. The van der Waals surface area contributed by atoms with Crippen LogP contribution in [0.15, 0.2) is 54.7 Å². The number of nitrogens with one attached hydrogen (secondary N) is 1. The molecule has 6 heteroatoms. The molecule has 2 fully saturated rings. The number of carbonyl (C=O) groups is 2. The zero-order valence-corrected chi connectivity index (χ0v) is 16.8. The van der Waals surface area contributed by atoms with Gasteiger partial charge in [0.05, 0.1) is 11.1 Å². The number of benzene rings is 1. The molecule has 0 atom stereocenters. The van der Waals surface area contributed by atoms with E-state index in [1.807, 2.05) is 47.4 Å². The van der Waals surface area contributed by atoms with E-state index in [0.717, 1.165) is 35.0 Å². The number of hydrogen-bond acceptors (Lipinski definition) is 4. The van der Waals surface area contributed by atoms with E-state index in [-0.39, 0.29) is 17.7 Å². The van der Waals surface area contributed by atoms with E-state index in [0.29, 0.717) is 37.7 Å². The molecule has 6 nitrogen and oxygen atoms in total. The van der Waals surface area contributed by atoms with Gasteiger partial charge in [-0.25, -0.2) is 4.98 Å². The maximum Gasteiger partial charge on any atom is 0.254 e. The minimum Gasteiger partial charge on any atom is -0.339 e. The summed E-state index contributed by atoms with van der Waals surface area (Å²) in [6, 6.07) is 15.3. The van der Waals surface area contributed by atoms with Crippen LogP contribution < -0.4 is 5.32 Å². The summed E-state index contributed by atoms with van der Waals surface area (Å²) in [4.78, 5) is 36.7. The molecule has 1 aliphatic heterocycles. The highest BCUT2D eigenvalue weighted by molar-refractivity contribution is 6.06. The average molecular weight is 400 g/mol. The smallest absolute Gasteiger partial charge is 0.254 e. The minimum absolute atomic E-state index is 0.0221. The third kappa shape index (κ3) is 3.77. The van der Waals surface area contributed by atoms with Crippen LogP contribution in [-0.4, -0.2) is 39.8 Å². The Morgan fingerprint density at radius 2 is 1.73 bits per heavy atom. The van der Waals surface area contributed by atoms with Gasteiger partial charge in [-0.1, -0.05) is 24.3 Å². The van der Waals surface area contributed by atoms with Crippen LogP contribution >= 0.6 is 0 Å². The number of nitrogens with zero attached hydrogens (tertiary/aromatic N) is 3. The van der Waals surface area contributed by atoms with Gasteiger partial charge in [-0.05, 0) is 49.9 Å². The van der Waals surface area contributed by atoms with Crippen molar-refractivity contribution in [2.45, 2.75) is 31.6 Å². The van der Waals surface area contributed by atoms with Gasteiger partial charge in [-0.15, -0.1) is 0 Å². The number of likely N-dealkylation sites (tertiary alicyclic amines) is 1. The fourth-order valence-corrected chi connectivity index (χ4v) is 4.14. The molecule has 2 amide bonds. The standard InChI is InChI=1S/C24H24N4O2/c29-23(27-22-7-3-4-12-25-22)17-10-13-28(14-11-17)24(30)19-15-21(16-8-9-16)26-20-6-2-1-5-18(19)20/h1-7,12,15-17H,8-11,13-14H2,(H,25,27,29). The third-order valence-electron chi connectivity index (χ3n) is 6.03. The molecule has 1 N–H and O–H groups in total. The number of piperidine rings is 1. The van der Waals surface area contributed by atoms with E-state index < -0.39 is 0 Å². The molecule has 3 aromatic rings. The Kier molecular flexibility index (Phi) is 4.91. The molecule has 3 heterocycles. The number of anilines is 1. The Labute approximate surface area is 175 Å². The van der Waals surface area contributed by atoms with Crippen molar-refractivity contribution in [3.8, 4) is 0 Å². The number of hydrogen-bond donors (Lipinski definition) is 1. The van der Waals surface area contributed by atoms with Crippen LogP contribution in [0.1, 0.15) is 47.7 Å². The summed E-state index contributed by atoms with van der Waals surface area (Å²) in [5, 5.41) is 3.78. The first-order valence-corrected chi connectivity index (χ1v) is 10.6. The Morgan fingerprint density at radius 3 is 2.47 bits per heavy atom. The fourth-order valence-electron chi connectivity index (χ4n) is 4.14. The number of para-hydroxylation sites is 1. The molecule has 2 aromatic heterocycles. The van der Waals surface area contributed by atoms with Crippen molar-refractivity contribution >= 4 is 28.5 Å². The molecule has 0 radical (unpaired) electrons. The van der Waals surface area contributed by atoms with Gasteiger partial charge in [-0.3, -0.25) is 14.6 Å². The number of pyridine rings is 2. The monoisotopic (exact) mass is 400 g/mol. The highest BCUT2D eigenvalue weighted by atomic mass is 16.2. The second kappa shape index (κ2) is 7.86. The van der Waals surface area contributed by atoms with E-state index in [1.54, 1.807) is 12.3 Å². The van der Waals surface area contributed by atoms with Gasteiger partial charge < -0.3 is 10.2 Å². The molecule has 152 valence electrons. The third-order valence-corrected chi connectivity index (χ3v) is 6.03. The van der Waals surface area contributed by atoms with Crippen LogP contribution in [0.5, 0.6) is 0 Å². The van der Waals surface area contributed by atoms with Crippen LogP contribution in [0.3, 0.4) is 0 Å². The number of carbonyl (C=O) groups excluding carboxylic acids is 2. The summed E-state index contributed by atoms with van der Waals surface area (Å²) in [5.74, 6) is 0.969. The van der Waals surface area contributed by atoms with Gasteiger partial charge in [0.1, 0.15) is 5.82 Å². The van der Waals surface area contributed by atoms with Crippen molar-refractivity contribution in [3.05, 3.63) is 66.0 Å². The van der Waals surface area contributed by atoms with Crippen molar-refractivity contribution in [2.75, 3.05) is 18.4 Å². The Hall–Kier alpha value is -3.28. The SMILES string of the molecule is O=C(Nc1ccccn1)C1CCN(C(=O)c2cc(C3CC3)nc3ccccc23)CC1. The highest BCUT2D eigenvalue weighted by Gasteiger charge is 2.31. The molecule has 30 heavy (non-hydrogen) atoms. The second-order valence-corrected chi connectivity index (χ2v) is 8.16. The molecule has 1 aliphatic carbocycles. The molecular weight excluding hydrogens is 376 g/mol. The second-order valence-electron chi connectivity index (χ2n) is 8.16. The number of rotatable bonds is 4. The lowest BCUT2D eigenvalue weighted by Crippen LogP contribution is -2.41. The largest absolute Gasteiger partial charge is 0.339 e. The van der Waals surface area contributed by atoms with Crippen LogP contribution in [0.2, 0.25) is 0 Å². The van der Waals surface area contributed by atoms with Gasteiger partial charge in [0.15, 0.2) is 0 Å². The molecule has 1 saturated carbocycles. The van der Waals surface area contributed by atoms with Crippen molar-refractivity contribution in [1.29, 1.82) is 0 Å². The van der Waals surface area contributed by atoms with Gasteiger partial charge in [0.2, 0.25) is 5.91 Å². The summed E-state index contributed by atoms with van der Waals surface area (Å²) in [6.45, 7) is 1.16. The number of aromatic nitrogens is 2. The maximum atomic E-state index is 13.4. The predicted octanol–water partition coefficient (Wildman–Crippen LogP) is 4.00. The van der Waals surface area contributed by atoms with Crippen molar-refractivity contribution < 1.29 is 9.59 Å². The summed E-state index contributed by atoms with van der Waals surface area (Å²) < 4.78 is 0. The molecule has 1 aromatic carbocycles. The van der Waals surface area contributed by atoms with Crippen LogP contribution in [-0.2, 0) is 4.79 Å². The lowest BCUT2D eigenvalue weighted by molar-refractivity contribution is -0.121. The normalized spacial score (nSPS) is 17.1. The lowest BCUT2D eigenvalue weighted by Gasteiger charge is -2.31. The van der Waals surface area contributed by atoms with Crippen LogP contribution in [0.4, 0.5) is 5.82 Å². The number of amides is 2. The van der Waals surface area contributed by atoms with Gasteiger partial charge in [0.25, 0.3) is 5.91 Å². The van der Waals surface area contributed by atoms with Gasteiger partial charge in [0, 0.05) is 42.2 Å². The highest BCUT2D eigenvalue weighted by Crippen LogP contribution is 2.40. The molecule has 1 saturated heterocycles. The first-order chi connectivity index (χ1) is 14.7. The first-order valence-electron chi connectivity index (χ1n) is 10.6. The summed E-state index contributed by atoms with van der Waals surface area (Å²) in [7, 11) is 0. The molecule has 5 rings (SSSR count). The van der Waals surface area contributed by atoms with Crippen molar-refractivity contribution in [2.24, 2.45) is 5.92 Å². The Bertz CT molecular complexity index is 1090. The van der Waals surface area contributed by atoms with Crippen LogP contribution in [0.25, 0.3) is 10.9 Å². The molecule has 2 aliphatic rings. The van der Waals surface area contributed by atoms with Crippen molar-refractivity contribution in [1.82, 2.24) is 14.9 Å². The molecule has 0 spiro atoms. The minimum atomic E-state index is -0.104. The number of fused-ring (bicyclic) bond motifs is 1. The lowest BCUT2D eigenvalue weighted by atomic mass is 9.95. The van der Waals surface area contributed by atoms with E-state index in [2.05, 4.69) is 10.3 Å². The Morgan fingerprint density at radius 1 is 0.967 bits per heavy atom. The summed E-state index contributed by atoms with van der Waals surface area (Å²) >= 11 is 0. The Balaban J connectivity index is 1.30. The molecular formula is C24H24N4O2. The average Bonchev–Trinajstić information content (AvgIpc) is 3.64. The molecule has 0 bridgehead atoms. The molecule has 0 unspecified atom stereocenters. The van der Waals surface area contributed by atoms with Gasteiger partial charge in [-0.2, -0.15) is 0 Å². The topological polar surface area (TPSA) is 75.2 Å². The quantitative estimate of drug-likeness (QED) is 0.718.